The fraction of sp³-hybridized carbons (Fsp3) is 0.300. The van der Waals surface area contributed by atoms with Crippen LogP contribution in [0.15, 0.2) is 24.4 Å². The molecule has 1 atom stereocenters. The Morgan fingerprint density at radius 2 is 2.33 bits per heavy atom. The third-order valence-electron chi connectivity index (χ3n) is 2.32. The van der Waals surface area contributed by atoms with Crippen molar-refractivity contribution in [2.24, 2.45) is 0 Å². The fourth-order valence-electron chi connectivity index (χ4n) is 1.40. The van der Waals surface area contributed by atoms with Crippen LogP contribution < -0.4 is 4.90 Å². The van der Waals surface area contributed by atoms with Gasteiger partial charge in [0.15, 0.2) is 0 Å². The molecule has 0 aliphatic carbocycles. The number of hydrogen-bond donors (Lipinski definition) is 0. The van der Waals surface area contributed by atoms with Gasteiger partial charge in [-0.15, -0.1) is 0 Å². The predicted octanol–water partition coefficient (Wildman–Crippen LogP) is 1.93. The number of hydrogen-bond acceptors (Lipinski definition) is 2. The summed E-state index contributed by atoms with van der Waals surface area (Å²) >= 11 is 0. The van der Waals surface area contributed by atoms with E-state index >= 15 is 0 Å². The molecule has 2 heterocycles. The first kappa shape index (κ1) is 7.35. The zero-order valence-corrected chi connectivity index (χ0v) is 7.36. The molecule has 0 bridgehead atoms. The summed E-state index contributed by atoms with van der Waals surface area (Å²) in [7, 11) is 2.07. The maximum atomic E-state index is 4.33. The Balaban J connectivity index is 2.52. The largest absolute Gasteiger partial charge is 0.353 e. The summed E-state index contributed by atoms with van der Waals surface area (Å²) in [6, 6.07) is 4.50. The molecule has 1 aliphatic rings. The molecule has 0 fully saturated rings. The van der Waals surface area contributed by atoms with Crippen LogP contribution in [0.5, 0.6) is 0 Å². The van der Waals surface area contributed by atoms with Gasteiger partial charge in [-0.25, -0.2) is 4.98 Å². The number of nitrogens with zero attached hydrogens (tertiary/aromatic N) is 2. The van der Waals surface area contributed by atoms with Gasteiger partial charge in [0.1, 0.15) is 5.82 Å². The molecule has 2 nitrogen and oxygen atoms in total. The van der Waals surface area contributed by atoms with Gasteiger partial charge < -0.3 is 4.90 Å². The van der Waals surface area contributed by atoms with Crippen molar-refractivity contribution in [1.29, 1.82) is 0 Å². The van der Waals surface area contributed by atoms with Crippen molar-refractivity contribution in [2.45, 2.75) is 13.0 Å². The Morgan fingerprint density at radius 3 is 3.17 bits per heavy atom. The molecule has 1 aromatic rings. The topological polar surface area (TPSA) is 16.1 Å². The SMILES string of the molecule is CC1C=Cc2cccnc2N1C. The zero-order valence-electron chi connectivity index (χ0n) is 7.36. The highest BCUT2D eigenvalue weighted by atomic mass is 15.2. The van der Waals surface area contributed by atoms with Crippen molar-refractivity contribution in [1.82, 2.24) is 4.98 Å². The zero-order chi connectivity index (χ0) is 8.55. The molecule has 0 amide bonds. The molecule has 1 aliphatic heterocycles. The lowest BCUT2D eigenvalue weighted by atomic mass is 10.1. The lowest BCUT2D eigenvalue weighted by Crippen LogP contribution is -2.30. The second kappa shape index (κ2) is 2.63. The van der Waals surface area contributed by atoms with Gasteiger partial charge in [-0.3, -0.25) is 0 Å². The van der Waals surface area contributed by atoms with Gasteiger partial charge >= 0.3 is 0 Å². The van der Waals surface area contributed by atoms with Crippen molar-refractivity contribution >= 4 is 11.9 Å². The highest BCUT2D eigenvalue weighted by Gasteiger charge is 2.14. The lowest BCUT2D eigenvalue weighted by Gasteiger charge is -2.28. The number of likely N-dealkylation sites (N-methyl/N-ethyl adjacent to an activating group) is 1. The van der Waals surface area contributed by atoms with Crippen LogP contribution in [0, 0.1) is 0 Å². The first-order chi connectivity index (χ1) is 5.79. The molecule has 0 spiro atoms. The molecule has 1 aromatic heterocycles. The van der Waals surface area contributed by atoms with Gasteiger partial charge in [0.2, 0.25) is 0 Å². The third kappa shape index (κ3) is 0.998. The van der Waals surface area contributed by atoms with E-state index in [1.807, 2.05) is 12.3 Å². The average molecular weight is 160 g/mol. The monoisotopic (exact) mass is 160 g/mol. The summed E-state index contributed by atoms with van der Waals surface area (Å²) in [5, 5.41) is 0. The highest BCUT2D eigenvalue weighted by Crippen LogP contribution is 2.24. The van der Waals surface area contributed by atoms with E-state index in [4.69, 9.17) is 0 Å². The average Bonchev–Trinajstić information content (AvgIpc) is 2.12. The van der Waals surface area contributed by atoms with Gasteiger partial charge in [-0.1, -0.05) is 12.2 Å². The molecule has 1 unspecified atom stereocenters. The standard InChI is InChI=1S/C10H12N2/c1-8-5-6-9-4-3-7-11-10(9)12(8)2/h3-8H,1-2H3. The Hall–Kier alpha value is -1.31. The molecule has 0 N–H and O–H groups in total. The van der Waals surface area contributed by atoms with E-state index in [0.29, 0.717) is 6.04 Å². The van der Waals surface area contributed by atoms with Gasteiger partial charge in [0.05, 0.1) is 0 Å². The van der Waals surface area contributed by atoms with Gasteiger partial charge in [0, 0.05) is 24.8 Å². The van der Waals surface area contributed by atoms with Crippen molar-refractivity contribution in [3.8, 4) is 0 Å². The number of pyridine rings is 1. The van der Waals surface area contributed by atoms with Crippen LogP contribution in [0.1, 0.15) is 12.5 Å². The van der Waals surface area contributed by atoms with Crippen molar-refractivity contribution in [3.05, 3.63) is 30.0 Å². The number of fused-ring (bicyclic) bond motifs is 1. The first-order valence-electron chi connectivity index (χ1n) is 4.15. The van der Waals surface area contributed by atoms with E-state index in [0.717, 1.165) is 5.82 Å². The minimum absolute atomic E-state index is 0.451. The molecule has 0 radical (unpaired) electrons. The van der Waals surface area contributed by atoms with E-state index in [9.17, 15) is 0 Å². The predicted molar refractivity (Wildman–Crippen MR) is 51.1 cm³/mol. The summed E-state index contributed by atoms with van der Waals surface area (Å²) in [6.45, 7) is 2.16. The minimum atomic E-state index is 0.451. The summed E-state index contributed by atoms with van der Waals surface area (Å²) in [6.07, 6.45) is 6.15. The number of aromatic nitrogens is 1. The number of rotatable bonds is 0. The van der Waals surface area contributed by atoms with Crippen LogP contribution in [-0.4, -0.2) is 18.1 Å². The van der Waals surface area contributed by atoms with E-state index in [1.54, 1.807) is 0 Å². The van der Waals surface area contributed by atoms with E-state index in [2.05, 4.69) is 42.1 Å². The summed E-state index contributed by atoms with van der Waals surface area (Å²) in [4.78, 5) is 6.50. The van der Waals surface area contributed by atoms with Crippen LogP contribution in [0.2, 0.25) is 0 Å². The van der Waals surface area contributed by atoms with Crippen LogP contribution in [-0.2, 0) is 0 Å². The molecule has 2 rings (SSSR count). The smallest absolute Gasteiger partial charge is 0.136 e. The molecule has 0 saturated heterocycles. The Bertz CT molecular complexity index is 317. The Labute approximate surface area is 72.5 Å². The molecule has 62 valence electrons. The second-order valence-corrected chi connectivity index (χ2v) is 3.13. The maximum absolute atomic E-state index is 4.33. The molecule has 2 heteroatoms. The second-order valence-electron chi connectivity index (χ2n) is 3.13. The molecular weight excluding hydrogens is 148 g/mol. The van der Waals surface area contributed by atoms with Gasteiger partial charge in [0.25, 0.3) is 0 Å². The van der Waals surface area contributed by atoms with Crippen molar-refractivity contribution < 1.29 is 0 Å². The molecule has 0 saturated carbocycles. The van der Waals surface area contributed by atoms with Crippen LogP contribution in [0.4, 0.5) is 5.82 Å². The molecular formula is C10H12N2. The van der Waals surface area contributed by atoms with E-state index < -0.39 is 0 Å². The van der Waals surface area contributed by atoms with Crippen LogP contribution in [0.25, 0.3) is 6.08 Å². The normalized spacial score (nSPS) is 20.8. The summed E-state index contributed by atoms with van der Waals surface area (Å²) < 4.78 is 0. The van der Waals surface area contributed by atoms with Gasteiger partial charge in [-0.2, -0.15) is 0 Å². The van der Waals surface area contributed by atoms with Crippen molar-refractivity contribution in [2.75, 3.05) is 11.9 Å². The Morgan fingerprint density at radius 1 is 1.50 bits per heavy atom. The summed E-state index contributed by atoms with van der Waals surface area (Å²) in [5.74, 6) is 1.08. The summed E-state index contributed by atoms with van der Waals surface area (Å²) in [5.41, 5.74) is 1.21. The fourth-order valence-corrected chi connectivity index (χ4v) is 1.40. The number of anilines is 1. The van der Waals surface area contributed by atoms with Crippen LogP contribution in [0.3, 0.4) is 0 Å². The van der Waals surface area contributed by atoms with Crippen molar-refractivity contribution in [3.63, 3.8) is 0 Å². The molecule has 0 aromatic carbocycles. The third-order valence-corrected chi connectivity index (χ3v) is 2.32. The molecule has 12 heavy (non-hydrogen) atoms. The van der Waals surface area contributed by atoms with E-state index in [-0.39, 0.29) is 0 Å². The van der Waals surface area contributed by atoms with E-state index in [1.165, 1.54) is 5.56 Å². The quantitative estimate of drug-likeness (QED) is 0.576. The van der Waals surface area contributed by atoms with Crippen LogP contribution >= 0.6 is 0 Å². The Kier molecular flexibility index (Phi) is 1.61. The lowest BCUT2D eigenvalue weighted by molar-refractivity contribution is 0.801. The highest BCUT2D eigenvalue weighted by molar-refractivity contribution is 5.68. The maximum Gasteiger partial charge on any atom is 0.136 e. The first-order valence-corrected chi connectivity index (χ1v) is 4.15. The minimum Gasteiger partial charge on any atom is -0.353 e. The van der Waals surface area contributed by atoms with Gasteiger partial charge in [-0.05, 0) is 19.1 Å².